The van der Waals surface area contributed by atoms with Gasteiger partial charge in [-0.2, -0.15) is 0 Å². The number of carbonyl (C=O) groups is 2. The van der Waals surface area contributed by atoms with E-state index in [1.807, 2.05) is 6.92 Å². The Morgan fingerprint density at radius 1 is 1.38 bits per heavy atom. The SMILES string of the molecule is CCCC(CNC(=O)C(Cc1cccc(F)c1)n1nnnc1C)C(=O)O. The van der Waals surface area contributed by atoms with Crippen LogP contribution in [0.15, 0.2) is 24.3 Å². The lowest BCUT2D eigenvalue weighted by atomic mass is 10.0. The number of hydrogen-bond acceptors (Lipinski definition) is 5. The van der Waals surface area contributed by atoms with Crippen LogP contribution < -0.4 is 5.32 Å². The van der Waals surface area contributed by atoms with Crippen molar-refractivity contribution in [2.24, 2.45) is 5.92 Å². The molecule has 1 aromatic heterocycles. The van der Waals surface area contributed by atoms with Crippen LogP contribution in [0, 0.1) is 18.7 Å². The van der Waals surface area contributed by atoms with Gasteiger partial charge in [-0.05, 0) is 41.5 Å². The first-order valence-corrected chi connectivity index (χ1v) is 8.41. The molecule has 2 atom stereocenters. The molecule has 0 radical (unpaired) electrons. The molecule has 1 amide bonds. The third-order valence-corrected chi connectivity index (χ3v) is 4.08. The lowest BCUT2D eigenvalue weighted by Gasteiger charge is -2.19. The number of benzene rings is 1. The summed E-state index contributed by atoms with van der Waals surface area (Å²) in [5.41, 5.74) is 0.614. The maximum atomic E-state index is 13.5. The summed E-state index contributed by atoms with van der Waals surface area (Å²) in [6.07, 6.45) is 1.35. The standard InChI is InChI=1S/C17H22FN5O3/c1-3-5-13(17(25)26)10-19-16(24)15(23-11(2)20-21-22-23)9-12-6-4-7-14(18)8-12/h4,6-8,13,15H,3,5,9-10H2,1-2H3,(H,19,24)(H,25,26). The van der Waals surface area contributed by atoms with Gasteiger partial charge >= 0.3 is 5.97 Å². The third-order valence-electron chi connectivity index (χ3n) is 4.08. The smallest absolute Gasteiger partial charge is 0.308 e. The van der Waals surface area contributed by atoms with Crippen molar-refractivity contribution in [2.75, 3.05) is 6.54 Å². The van der Waals surface area contributed by atoms with Crippen LogP contribution in [0.2, 0.25) is 0 Å². The number of tetrazole rings is 1. The number of nitrogens with one attached hydrogen (secondary N) is 1. The number of carboxylic acid groups (broad SMARTS) is 1. The highest BCUT2D eigenvalue weighted by Crippen LogP contribution is 2.16. The van der Waals surface area contributed by atoms with E-state index in [0.717, 1.165) is 0 Å². The van der Waals surface area contributed by atoms with Crippen LogP contribution in [0.1, 0.15) is 37.2 Å². The Kier molecular flexibility index (Phi) is 6.76. The summed E-state index contributed by atoms with van der Waals surface area (Å²) in [6.45, 7) is 3.56. The Balaban J connectivity index is 2.16. The zero-order chi connectivity index (χ0) is 19.1. The number of aryl methyl sites for hydroxylation is 1. The Hall–Kier alpha value is -2.84. The minimum Gasteiger partial charge on any atom is -0.481 e. The van der Waals surface area contributed by atoms with Crippen molar-refractivity contribution in [3.8, 4) is 0 Å². The normalized spacial score (nSPS) is 13.2. The minimum atomic E-state index is -0.951. The molecule has 0 saturated heterocycles. The van der Waals surface area contributed by atoms with E-state index in [0.29, 0.717) is 24.2 Å². The van der Waals surface area contributed by atoms with Crippen molar-refractivity contribution < 1.29 is 19.1 Å². The predicted molar refractivity (Wildman–Crippen MR) is 90.7 cm³/mol. The molecule has 1 aromatic carbocycles. The molecule has 1 heterocycles. The van der Waals surface area contributed by atoms with E-state index in [2.05, 4.69) is 20.8 Å². The Morgan fingerprint density at radius 2 is 2.15 bits per heavy atom. The van der Waals surface area contributed by atoms with Crippen LogP contribution >= 0.6 is 0 Å². The van der Waals surface area contributed by atoms with Crippen LogP contribution in [-0.2, 0) is 16.0 Å². The summed E-state index contributed by atoms with van der Waals surface area (Å²) < 4.78 is 14.8. The number of hydrogen-bond donors (Lipinski definition) is 2. The second-order valence-corrected chi connectivity index (χ2v) is 6.09. The lowest BCUT2D eigenvalue weighted by Crippen LogP contribution is -2.39. The highest BCUT2D eigenvalue weighted by molar-refractivity contribution is 5.81. The molecule has 0 fully saturated rings. The summed E-state index contributed by atoms with van der Waals surface area (Å²) >= 11 is 0. The minimum absolute atomic E-state index is 0.0167. The largest absolute Gasteiger partial charge is 0.481 e. The van der Waals surface area contributed by atoms with Crippen molar-refractivity contribution in [2.45, 2.75) is 39.2 Å². The number of aromatic nitrogens is 4. The Bertz CT molecular complexity index is 764. The highest BCUT2D eigenvalue weighted by atomic mass is 19.1. The molecule has 2 rings (SSSR count). The molecule has 8 nitrogen and oxygen atoms in total. The monoisotopic (exact) mass is 363 g/mol. The first kappa shape index (κ1) is 19.5. The van der Waals surface area contributed by atoms with Gasteiger partial charge in [0.05, 0.1) is 5.92 Å². The molecule has 0 spiro atoms. The Labute approximate surface area is 150 Å². The molecule has 2 N–H and O–H groups in total. The average Bonchev–Trinajstić information content (AvgIpc) is 3.01. The topological polar surface area (TPSA) is 110 Å². The number of amides is 1. The fourth-order valence-electron chi connectivity index (χ4n) is 2.71. The van der Waals surface area contributed by atoms with E-state index >= 15 is 0 Å². The fourth-order valence-corrected chi connectivity index (χ4v) is 2.71. The van der Waals surface area contributed by atoms with Crippen LogP contribution in [0.25, 0.3) is 0 Å². The van der Waals surface area contributed by atoms with Crippen LogP contribution in [0.5, 0.6) is 0 Å². The third kappa shape index (κ3) is 5.08. The summed E-state index contributed by atoms with van der Waals surface area (Å²) in [5, 5.41) is 23.1. The molecule has 2 aromatic rings. The molecule has 9 heteroatoms. The zero-order valence-corrected chi connectivity index (χ0v) is 14.7. The molecular formula is C17H22FN5O3. The maximum absolute atomic E-state index is 13.5. The number of carboxylic acids is 1. The van der Waals surface area contributed by atoms with E-state index in [-0.39, 0.29) is 13.0 Å². The maximum Gasteiger partial charge on any atom is 0.308 e. The molecule has 2 unspecified atom stereocenters. The average molecular weight is 363 g/mol. The van der Waals surface area contributed by atoms with Gasteiger partial charge in [-0.15, -0.1) is 5.10 Å². The predicted octanol–water partition coefficient (Wildman–Crippen LogP) is 1.52. The van der Waals surface area contributed by atoms with Gasteiger partial charge in [-0.3, -0.25) is 9.59 Å². The van der Waals surface area contributed by atoms with E-state index < -0.39 is 29.7 Å². The first-order valence-electron chi connectivity index (χ1n) is 8.41. The first-order chi connectivity index (χ1) is 12.4. The van der Waals surface area contributed by atoms with Gasteiger partial charge in [0, 0.05) is 13.0 Å². The van der Waals surface area contributed by atoms with E-state index in [4.69, 9.17) is 0 Å². The van der Waals surface area contributed by atoms with E-state index in [9.17, 15) is 19.1 Å². The number of rotatable bonds is 9. The van der Waals surface area contributed by atoms with Gasteiger partial charge in [-0.1, -0.05) is 25.5 Å². The fraction of sp³-hybridized carbons (Fsp3) is 0.471. The van der Waals surface area contributed by atoms with Gasteiger partial charge < -0.3 is 10.4 Å². The van der Waals surface area contributed by atoms with E-state index in [1.54, 1.807) is 19.1 Å². The number of nitrogens with zero attached hydrogens (tertiary/aromatic N) is 4. The molecule has 0 bridgehead atoms. The number of carbonyl (C=O) groups excluding carboxylic acids is 1. The second kappa shape index (κ2) is 9.02. The van der Waals surface area contributed by atoms with Gasteiger partial charge in [0.15, 0.2) is 0 Å². The van der Waals surface area contributed by atoms with Crippen molar-refractivity contribution in [3.63, 3.8) is 0 Å². The summed E-state index contributed by atoms with van der Waals surface area (Å²) in [7, 11) is 0. The highest BCUT2D eigenvalue weighted by Gasteiger charge is 2.26. The summed E-state index contributed by atoms with van der Waals surface area (Å²) in [4.78, 5) is 24.0. The lowest BCUT2D eigenvalue weighted by molar-refractivity contribution is -0.142. The molecule has 0 aliphatic carbocycles. The molecule has 26 heavy (non-hydrogen) atoms. The van der Waals surface area contributed by atoms with Crippen LogP contribution in [0.4, 0.5) is 4.39 Å². The second-order valence-electron chi connectivity index (χ2n) is 6.09. The summed E-state index contributed by atoms with van der Waals surface area (Å²) in [6, 6.07) is 5.14. The van der Waals surface area contributed by atoms with E-state index in [1.165, 1.54) is 16.8 Å². The van der Waals surface area contributed by atoms with Gasteiger partial charge in [-0.25, -0.2) is 9.07 Å². The summed E-state index contributed by atoms with van der Waals surface area (Å²) in [5.74, 6) is -1.98. The zero-order valence-electron chi connectivity index (χ0n) is 14.7. The van der Waals surface area contributed by atoms with Crippen LogP contribution in [0.3, 0.4) is 0 Å². The van der Waals surface area contributed by atoms with Crippen molar-refractivity contribution >= 4 is 11.9 Å². The van der Waals surface area contributed by atoms with Gasteiger partial charge in [0.2, 0.25) is 5.91 Å². The van der Waals surface area contributed by atoms with Gasteiger partial charge in [0.25, 0.3) is 0 Å². The molecule has 0 aliphatic heterocycles. The van der Waals surface area contributed by atoms with Crippen molar-refractivity contribution in [3.05, 3.63) is 41.5 Å². The molecule has 140 valence electrons. The van der Waals surface area contributed by atoms with Gasteiger partial charge in [0.1, 0.15) is 17.7 Å². The van der Waals surface area contributed by atoms with Crippen molar-refractivity contribution in [1.29, 1.82) is 0 Å². The van der Waals surface area contributed by atoms with Crippen LogP contribution in [-0.4, -0.2) is 43.7 Å². The quantitative estimate of drug-likeness (QED) is 0.699. The molecular weight excluding hydrogens is 341 g/mol. The molecule has 0 saturated carbocycles. The molecule has 0 aliphatic rings. The number of aliphatic carboxylic acids is 1. The van der Waals surface area contributed by atoms with Crippen molar-refractivity contribution in [1.82, 2.24) is 25.5 Å². The number of halogens is 1. The Morgan fingerprint density at radius 3 is 2.73 bits per heavy atom.